The molecule has 0 saturated carbocycles. The van der Waals surface area contributed by atoms with Crippen molar-refractivity contribution in [3.8, 4) is 0 Å². The molecule has 0 saturated heterocycles. The van der Waals surface area contributed by atoms with Crippen LogP contribution in [0.2, 0.25) is 10.2 Å². The molecule has 2 aromatic heterocycles. The molecule has 0 atom stereocenters. The van der Waals surface area contributed by atoms with Crippen LogP contribution in [0.1, 0.15) is 10.4 Å². The van der Waals surface area contributed by atoms with Crippen molar-refractivity contribution in [2.45, 2.75) is 0 Å². The van der Waals surface area contributed by atoms with Gasteiger partial charge in [-0.3, -0.25) is 10.1 Å². The first-order valence-electron chi connectivity index (χ1n) is 4.54. The topological polar surface area (TPSA) is 72.7 Å². The Morgan fingerprint density at radius 2 is 2.18 bits per heavy atom. The maximum atomic E-state index is 11.8. The van der Waals surface area contributed by atoms with Crippen LogP contribution in [0.5, 0.6) is 0 Å². The lowest BCUT2D eigenvalue weighted by Gasteiger charge is -2.04. The fourth-order valence-electron chi connectivity index (χ4n) is 1.13. The number of aromatic nitrogens is 4. The van der Waals surface area contributed by atoms with Gasteiger partial charge in [0, 0.05) is 13.2 Å². The summed E-state index contributed by atoms with van der Waals surface area (Å²) in [5.74, 6) is -0.0479. The molecular formula is C9H7Cl2N5O. The lowest BCUT2D eigenvalue weighted by molar-refractivity contribution is 0.102. The molecule has 0 aromatic carbocycles. The Labute approximate surface area is 107 Å². The zero-order valence-electron chi connectivity index (χ0n) is 8.69. The van der Waals surface area contributed by atoms with E-state index in [-0.39, 0.29) is 16.1 Å². The number of carbonyl (C=O) groups excluding carboxylic acids is 1. The maximum Gasteiger partial charge on any atom is 0.259 e. The Morgan fingerprint density at radius 3 is 2.76 bits per heavy atom. The van der Waals surface area contributed by atoms with Crippen molar-refractivity contribution in [3.05, 3.63) is 34.3 Å². The van der Waals surface area contributed by atoms with Crippen molar-refractivity contribution in [2.24, 2.45) is 7.05 Å². The van der Waals surface area contributed by atoms with Crippen LogP contribution in [0.15, 0.2) is 18.6 Å². The quantitative estimate of drug-likeness (QED) is 0.845. The van der Waals surface area contributed by atoms with Crippen molar-refractivity contribution in [1.29, 1.82) is 0 Å². The molecule has 1 amide bonds. The number of hydrogen-bond donors (Lipinski definition) is 1. The molecule has 8 heteroatoms. The van der Waals surface area contributed by atoms with E-state index >= 15 is 0 Å². The van der Waals surface area contributed by atoms with Crippen molar-refractivity contribution in [3.63, 3.8) is 0 Å². The molecule has 2 heterocycles. The van der Waals surface area contributed by atoms with Gasteiger partial charge in [0.2, 0.25) is 5.95 Å². The van der Waals surface area contributed by atoms with Crippen LogP contribution in [0.3, 0.4) is 0 Å². The van der Waals surface area contributed by atoms with Crippen LogP contribution in [0.4, 0.5) is 5.95 Å². The molecule has 0 fully saturated rings. The van der Waals surface area contributed by atoms with Crippen LogP contribution < -0.4 is 5.32 Å². The van der Waals surface area contributed by atoms with Crippen LogP contribution in [-0.4, -0.2) is 25.7 Å². The Kier molecular flexibility index (Phi) is 3.26. The molecule has 17 heavy (non-hydrogen) atoms. The predicted molar refractivity (Wildman–Crippen MR) is 63.2 cm³/mol. The summed E-state index contributed by atoms with van der Waals surface area (Å²) in [7, 11) is 1.66. The summed E-state index contributed by atoms with van der Waals surface area (Å²) in [5, 5.41) is 6.76. The number of carbonyl (C=O) groups is 1. The van der Waals surface area contributed by atoms with Gasteiger partial charge in [-0.05, 0) is 6.07 Å². The van der Waals surface area contributed by atoms with E-state index in [9.17, 15) is 4.79 Å². The van der Waals surface area contributed by atoms with Crippen LogP contribution in [0, 0.1) is 0 Å². The Balaban J connectivity index is 2.20. The zero-order chi connectivity index (χ0) is 12.4. The third kappa shape index (κ3) is 2.54. The second-order valence-electron chi connectivity index (χ2n) is 3.16. The van der Waals surface area contributed by atoms with E-state index in [1.54, 1.807) is 7.05 Å². The molecular weight excluding hydrogens is 265 g/mol. The molecule has 0 unspecified atom stereocenters. The molecule has 0 radical (unpaired) electrons. The third-order valence-electron chi connectivity index (χ3n) is 2.00. The predicted octanol–water partition coefficient (Wildman–Crippen LogP) is 1.77. The van der Waals surface area contributed by atoms with E-state index in [4.69, 9.17) is 23.2 Å². The minimum absolute atomic E-state index is 0.155. The van der Waals surface area contributed by atoms with E-state index in [0.29, 0.717) is 11.5 Å². The average molecular weight is 272 g/mol. The van der Waals surface area contributed by atoms with E-state index in [1.165, 1.54) is 23.3 Å². The average Bonchev–Trinajstić information content (AvgIpc) is 2.68. The summed E-state index contributed by atoms with van der Waals surface area (Å²) >= 11 is 11.4. The molecule has 88 valence electrons. The number of aryl methyl sites for hydroxylation is 1. The molecule has 6 nitrogen and oxygen atoms in total. The monoisotopic (exact) mass is 271 g/mol. The second-order valence-corrected chi connectivity index (χ2v) is 3.92. The van der Waals surface area contributed by atoms with Gasteiger partial charge in [0.05, 0.1) is 10.6 Å². The molecule has 2 aromatic rings. The third-order valence-corrected chi connectivity index (χ3v) is 2.68. The number of rotatable bonds is 2. The van der Waals surface area contributed by atoms with Gasteiger partial charge in [-0.15, -0.1) is 0 Å². The first-order valence-corrected chi connectivity index (χ1v) is 5.30. The van der Waals surface area contributed by atoms with Gasteiger partial charge in [0.15, 0.2) is 0 Å². The minimum atomic E-state index is -0.382. The van der Waals surface area contributed by atoms with E-state index < -0.39 is 0 Å². The number of nitrogens with one attached hydrogen (secondary N) is 1. The second kappa shape index (κ2) is 4.68. The number of hydrogen-bond acceptors (Lipinski definition) is 4. The van der Waals surface area contributed by atoms with Crippen LogP contribution in [-0.2, 0) is 7.05 Å². The lowest BCUT2D eigenvalue weighted by atomic mass is 10.3. The molecule has 2 rings (SSSR count). The smallest absolute Gasteiger partial charge is 0.259 e. The first kappa shape index (κ1) is 11.8. The number of anilines is 1. The summed E-state index contributed by atoms with van der Waals surface area (Å²) < 4.78 is 1.43. The summed E-state index contributed by atoms with van der Waals surface area (Å²) in [6, 6.07) is 1.43. The number of halogens is 2. The van der Waals surface area contributed by atoms with Crippen molar-refractivity contribution >= 4 is 35.1 Å². The van der Waals surface area contributed by atoms with Gasteiger partial charge in [-0.1, -0.05) is 23.2 Å². The maximum absolute atomic E-state index is 11.8. The number of amides is 1. The lowest BCUT2D eigenvalue weighted by Crippen LogP contribution is -2.15. The fraction of sp³-hybridized carbons (Fsp3) is 0.111. The summed E-state index contributed by atoms with van der Waals surface area (Å²) in [6.45, 7) is 0. The zero-order valence-corrected chi connectivity index (χ0v) is 10.2. The van der Waals surface area contributed by atoms with Gasteiger partial charge in [-0.25, -0.2) is 9.67 Å². The Hall–Kier alpha value is -1.66. The van der Waals surface area contributed by atoms with Gasteiger partial charge in [-0.2, -0.15) is 10.1 Å². The normalized spacial score (nSPS) is 10.3. The fourth-order valence-corrected chi connectivity index (χ4v) is 1.40. The Bertz CT molecular complexity index is 568. The number of nitrogens with zero attached hydrogens (tertiary/aromatic N) is 4. The van der Waals surface area contributed by atoms with Crippen molar-refractivity contribution < 1.29 is 4.79 Å². The minimum Gasteiger partial charge on any atom is -0.291 e. The summed E-state index contributed by atoms with van der Waals surface area (Å²) in [6.07, 6.45) is 2.67. The van der Waals surface area contributed by atoms with Crippen LogP contribution >= 0.6 is 23.2 Å². The van der Waals surface area contributed by atoms with E-state index in [2.05, 4.69) is 20.4 Å². The summed E-state index contributed by atoms with van der Waals surface area (Å²) in [4.78, 5) is 19.4. The standard InChI is InChI=1S/C9H7Cl2N5O/c1-16-9(13-4-14-16)15-8(17)5-2-6(10)7(11)12-3-5/h2-4H,1H3,(H,13,14,15,17). The molecule has 1 N–H and O–H groups in total. The van der Waals surface area contributed by atoms with Crippen molar-refractivity contribution in [1.82, 2.24) is 19.7 Å². The first-order chi connectivity index (χ1) is 8.08. The highest BCUT2D eigenvalue weighted by atomic mass is 35.5. The number of pyridine rings is 1. The van der Waals surface area contributed by atoms with Gasteiger partial charge in [0.1, 0.15) is 11.5 Å². The van der Waals surface area contributed by atoms with Gasteiger partial charge < -0.3 is 0 Å². The molecule has 0 spiro atoms. The highest BCUT2D eigenvalue weighted by Gasteiger charge is 2.11. The molecule has 0 bridgehead atoms. The molecule has 0 aliphatic heterocycles. The summed E-state index contributed by atoms with van der Waals surface area (Å²) in [5.41, 5.74) is 0.294. The molecule has 0 aliphatic carbocycles. The SMILES string of the molecule is Cn1ncnc1NC(=O)c1cnc(Cl)c(Cl)c1. The Morgan fingerprint density at radius 1 is 1.41 bits per heavy atom. The molecule has 0 aliphatic rings. The van der Waals surface area contributed by atoms with Crippen molar-refractivity contribution in [2.75, 3.05) is 5.32 Å². The van der Waals surface area contributed by atoms with Crippen LogP contribution in [0.25, 0.3) is 0 Å². The highest BCUT2D eigenvalue weighted by Crippen LogP contribution is 2.20. The highest BCUT2D eigenvalue weighted by molar-refractivity contribution is 6.41. The van der Waals surface area contributed by atoms with E-state index in [0.717, 1.165) is 0 Å². The van der Waals surface area contributed by atoms with E-state index in [1.807, 2.05) is 0 Å². The van der Waals surface area contributed by atoms with Gasteiger partial charge >= 0.3 is 0 Å². The van der Waals surface area contributed by atoms with Gasteiger partial charge in [0.25, 0.3) is 5.91 Å². The largest absolute Gasteiger partial charge is 0.291 e.